The first-order chi connectivity index (χ1) is 10.4. The number of hydrogen-bond acceptors (Lipinski definition) is 3. The summed E-state index contributed by atoms with van der Waals surface area (Å²) in [6.45, 7) is 7.11. The van der Waals surface area contributed by atoms with Gasteiger partial charge in [-0.2, -0.15) is 0 Å². The summed E-state index contributed by atoms with van der Waals surface area (Å²) in [5.74, 6) is 0.177. The first-order valence-electron chi connectivity index (χ1n) is 8.08. The molecule has 4 nitrogen and oxygen atoms in total. The molecule has 122 valence electrons. The second-order valence-electron chi connectivity index (χ2n) is 6.72. The molecule has 2 unspecified atom stereocenters. The molecule has 0 aliphatic heterocycles. The highest BCUT2D eigenvalue weighted by molar-refractivity contribution is 5.77. The summed E-state index contributed by atoms with van der Waals surface area (Å²) in [5.41, 5.74) is 7.76. The minimum absolute atomic E-state index is 0.0200. The summed E-state index contributed by atoms with van der Waals surface area (Å²) < 4.78 is 5.74. The van der Waals surface area contributed by atoms with Crippen LogP contribution in [-0.2, 0) is 16.0 Å². The maximum atomic E-state index is 12.5. The minimum atomic E-state index is 0.0200. The third-order valence-corrected chi connectivity index (χ3v) is 5.02. The zero-order valence-corrected chi connectivity index (χ0v) is 14.1. The number of amides is 1. The Kier molecular flexibility index (Phi) is 5.12. The average Bonchev–Trinajstić information content (AvgIpc) is 2.49. The Balaban J connectivity index is 1.89. The van der Waals surface area contributed by atoms with Crippen LogP contribution in [0.25, 0.3) is 0 Å². The van der Waals surface area contributed by atoms with E-state index in [4.69, 9.17) is 10.5 Å². The number of ether oxygens (including phenoxy) is 1. The van der Waals surface area contributed by atoms with E-state index in [0.29, 0.717) is 12.8 Å². The Morgan fingerprint density at radius 2 is 2.09 bits per heavy atom. The molecule has 1 fully saturated rings. The number of benzene rings is 1. The second kappa shape index (κ2) is 6.69. The standard InChI is InChI=1S/C18H28N2O2/c1-5-22-16-12-15(18(16,2)3)20(4)17(21)11-10-13-8-6-7-9-14(13)19/h6-9,15-16H,5,10-12,19H2,1-4H3. The molecule has 0 saturated heterocycles. The topological polar surface area (TPSA) is 55.6 Å². The van der Waals surface area contributed by atoms with E-state index in [0.717, 1.165) is 24.3 Å². The van der Waals surface area contributed by atoms with Crippen molar-refractivity contribution < 1.29 is 9.53 Å². The van der Waals surface area contributed by atoms with Gasteiger partial charge in [-0.15, -0.1) is 0 Å². The Morgan fingerprint density at radius 3 is 2.68 bits per heavy atom. The van der Waals surface area contributed by atoms with Gasteiger partial charge < -0.3 is 15.4 Å². The molecule has 1 aromatic carbocycles. The van der Waals surface area contributed by atoms with Crippen LogP contribution in [0, 0.1) is 5.41 Å². The molecule has 4 heteroatoms. The number of carbonyl (C=O) groups is 1. The second-order valence-corrected chi connectivity index (χ2v) is 6.72. The van der Waals surface area contributed by atoms with Crippen molar-refractivity contribution in [2.75, 3.05) is 19.4 Å². The molecule has 0 heterocycles. The highest BCUT2D eigenvalue weighted by atomic mass is 16.5. The van der Waals surface area contributed by atoms with Gasteiger partial charge in [0.05, 0.1) is 6.10 Å². The summed E-state index contributed by atoms with van der Waals surface area (Å²) in [4.78, 5) is 14.4. The van der Waals surface area contributed by atoms with E-state index in [1.54, 1.807) is 0 Å². The van der Waals surface area contributed by atoms with Gasteiger partial charge in [-0.3, -0.25) is 4.79 Å². The maximum absolute atomic E-state index is 12.5. The summed E-state index contributed by atoms with van der Waals surface area (Å²) in [6.07, 6.45) is 2.37. The van der Waals surface area contributed by atoms with Crippen molar-refractivity contribution >= 4 is 11.6 Å². The van der Waals surface area contributed by atoms with E-state index in [2.05, 4.69) is 13.8 Å². The lowest BCUT2D eigenvalue weighted by molar-refractivity contribution is -0.163. The van der Waals surface area contributed by atoms with Gasteiger partial charge in [0.15, 0.2) is 0 Å². The van der Waals surface area contributed by atoms with Crippen LogP contribution in [0.2, 0.25) is 0 Å². The minimum Gasteiger partial charge on any atom is -0.399 e. The molecule has 2 rings (SSSR count). The zero-order chi connectivity index (χ0) is 16.3. The molecule has 2 N–H and O–H groups in total. The Morgan fingerprint density at radius 1 is 1.41 bits per heavy atom. The van der Waals surface area contributed by atoms with Gasteiger partial charge in [-0.25, -0.2) is 0 Å². The van der Waals surface area contributed by atoms with Crippen LogP contribution in [-0.4, -0.2) is 36.6 Å². The van der Waals surface area contributed by atoms with Crippen LogP contribution < -0.4 is 5.73 Å². The van der Waals surface area contributed by atoms with Crippen molar-refractivity contribution in [1.82, 2.24) is 4.90 Å². The van der Waals surface area contributed by atoms with Gasteiger partial charge in [0.1, 0.15) is 0 Å². The SMILES string of the molecule is CCOC1CC(N(C)C(=O)CCc2ccccc2N)C1(C)C. The largest absolute Gasteiger partial charge is 0.399 e. The molecule has 22 heavy (non-hydrogen) atoms. The Bertz CT molecular complexity index is 528. The molecule has 1 aliphatic rings. The predicted molar refractivity (Wildman–Crippen MR) is 89.5 cm³/mol. The maximum Gasteiger partial charge on any atom is 0.222 e. The lowest BCUT2D eigenvalue weighted by atomic mass is 9.63. The smallest absolute Gasteiger partial charge is 0.222 e. The lowest BCUT2D eigenvalue weighted by Gasteiger charge is -2.54. The fourth-order valence-electron chi connectivity index (χ4n) is 3.36. The van der Waals surface area contributed by atoms with Crippen molar-refractivity contribution in [1.29, 1.82) is 0 Å². The highest BCUT2D eigenvalue weighted by Gasteiger charge is 2.51. The van der Waals surface area contributed by atoms with Crippen molar-refractivity contribution in [2.24, 2.45) is 5.41 Å². The number of aryl methyl sites for hydroxylation is 1. The van der Waals surface area contributed by atoms with Gasteiger partial charge in [0, 0.05) is 37.2 Å². The highest BCUT2D eigenvalue weighted by Crippen LogP contribution is 2.45. The molecule has 0 aromatic heterocycles. The van der Waals surface area contributed by atoms with Crippen LogP contribution in [0.4, 0.5) is 5.69 Å². The van der Waals surface area contributed by atoms with E-state index in [1.165, 1.54) is 0 Å². The quantitative estimate of drug-likeness (QED) is 0.822. The van der Waals surface area contributed by atoms with Crippen LogP contribution in [0.5, 0.6) is 0 Å². The summed E-state index contributed by atoms with van der Waals surface area (Å²) in [5, 5.41) is 0. The van der Waals surface area contributed by atoms with Gasteiger partial charge in [-0.1, -0.05) is 32.0 Å². The fourth-order valence-corrected chi connectivity index (χ4v) is 3.36. The average molecular weight is 304 g/mol. The number of nitrogens with zero attached hydrogens (tertiary/aromatic N) is 1. The number of carbonyl (C=O) groups excluding carboxylic acids is 1. The molecule has 0 bridgehead atoms. The van der Waals surface area contributed by atoms with E-state index in [1.807, 2.05) is 43.1 Å². The number of nitrogen functional groups attached to an aromatic ring is 1. The molecule has 1 amide bonds. The zero-order valence-electron chi connectivity index (χ0n) is 14.1. The number of anilines is 1. The summed E-state index contributed by atoms with van der Waals surface area (Å²) in [6, 6.07) is 8.00. The van der Waals surface area contributed by atoms with Crippen molar-refractivity contribution in [2.45, 2.75) is 52.2 Å². The normalized spacial score (nSPS) is 22.9. The molecule has 1 saturated carbocycles. The van der Waals surface area contributed by atoms with Gasteiger partial charge in [0.25, 0.3) is 0 Å². The summed E-state index contributed by atoms with van der Waals surface area (Å²) in [7, 11) is 1.91. The molecular weight excluding hydrogens is 276 g/mol. The molecule has 1 aliphatic carbocycles. The molecule has 0 spiro atoms. The van der Waals surface area contributed by atoms with Gasteiger partial charge in [-0.05, 0) is 31.4 Å². The first kappa shape index (κ1) is 16.8. The van der Waals surface area contributed by atoms with Crippen LogP contribution in [0.15, 0.2) is 24.3 Å². The molecule has 0 radical (unpaired) electrons. The first-order valence-corrected chi connectivity index (χ1v) is 8.08. The predicted octanol–water partition coefficient (Wildman–Crippen LogP) is 2.86. The van der Waals surface area contributed by atoms with E-state index in [-0.39, 0.29) is 23.5 Å². The lowest BCUT2D eigenvalue weighted by Crippen LogP contribution is -2.62. The summed E-state index contributed by atoms with van der Waals surface area (Å²) >= 11 is 0. The van der Waals surface area contributed by atoms with E-state index >= 15 is 0 Å². The number of hydrogen-bond donors (Lipinski definition) is 1. The van der Waals surface area contributed by atoms with Crippen LogP contribution in [0.3, 0.4) is 0 Å². The monoisotopic (exact) mass is 304 g/mol. The van der Waals surface area contributed by atoms with E-state index < -0.39 is 0 Å². The van der Waals surface area contributed by atoms with Crippen molar-refractivity contribution in [3.8, 4) is 0 Å². The van der Waals surface area contributed by atoms with Gasteiger partial charge >= 0.3 is 0 Å². The number of rotatable bonds is 6. The Labute approximate surface area is 133 Å². The number of nitrogens with two attached hydrogens (primary N) is 1. The van der Waals surface area contributed by atoms with Gasteiger partial charge in [0.2, 0.25) is 5.91 Å². The van der Waals surface area contributed by atoms with Crippen LogP contribution in [0.1, 0.15) is 39.2 Å². The fraction of sp³-hybridized carbons (Fsp3) is 0.611. The van der Waals surface area contributed by atoms with Crippen molar-refractivity contribution in [3.63, 3.8) is 0 Å². The van der Waals surface area contributed by atoms with Crippen LogP contribution >= 0.6 is 0 Å². The number of para-hydroxylation sites is 1. The third-order valence-electron chi connectivity index (χ3n) is 5.02. The third kappa shape index (κ3) is 3.27. The molecular formula is C18H28N2O2. The molecule has 2 atom stereocenters. The van der Waals surface area contributed by atoms with E-state index in [9.17, 15) is 4.79 Å². The molecule has 1 aromatic rings. The Hall–Kier alpha value is -1.55. The van der Waals surface area contributed by atoms with Crippen molar-refractivity contribution in [3.05, 3.63) is 29.8 Å².